The molecule has 0 radical (unpaired) electrons. The van der Waals surface area contributed by atoms with Crippen LogP contribution in [0.5, 0.6) is 0 Å². The first-order chi connectivity index (χ1) is 7.11. The summed E-state index contributed by atoms with van der Waals surface area (Å²) in [7, 11) is 0. The highest BCUT2D eigenvalue weighted by molar-refractivity contribution is 6.17. The van der Waals surface area contributed by atoms with Crippen LogP contribution in [0, 0.1) is 6.92 Å². The standard InChI is InChI=1S/C10H16ClN3O/c1-3-6-14-9(15)8(4-5-11)7(2)13-10(14)12/h3-6H2,1-2H3,(H2,12,13). The Morgan fingerprint density at radius 1 is 1.53 bits per heavy atom. The minimum Gasteiger partial charge on any atom is -0.369 e. The zero-order chi connectivity index (χ0) is 11.4. The quantitative estimate of drug-likeness (QED) is 0.793. The van der Waals surface area contributed by atoms with Gasteiger partial charge in [-0.15, -0.1) is 11.6 Å². The van der Waals surface area contributed by atoms with Crippen molar-refractivity contribution in [3.8, 4) is 0 Å². The highest BCUT2D eigenvalue weighted by Crippen LogP contribution is 2.05. The van der Waals surface area contributed by atoms with Crippen molar-refractivity contribution < 1.29 is 0 Å². The van der Waals surface area contributed by atoms with Gasteiger partial charge in [-0.2, -0.15) is 0 Å². The monoisotopic (exact) mass is 229 g/mol. The average Bonchev–Trinajstić information content (AvgIpc) is 2.19. The lowest BCUT2D eigenvalue weighted by Crippen LogP contribution is -2.29. The smallest absolute Gasteiger partial charge is 0.258 e. The molecule has 0 aromatic carbocycles. The first-order valence-electron chi connectivity index (χ1n) is 5.03. The van der Waals surface area contributed by atoms with Crippen LogP contribution in [0.4, 0.5) is 5.95 Å². The SMILES string of the molecule is CCCn1c(N)nc(C)c(CCCl)c1=O. The second-order valence-electron chi connectivity index (χ2n) is 3.43. The lowest BCUT2D eigenvalue weighted by atomic mass is 10.2. The second-order valence-corrected chi connectivity index (χ2v) is 3.81. The average molecular weight is 230 g/mol. The van der Waals surface area contributed by atoms with Gasteiger partial charge in [0.2, 0.25) is 5.95 Å². The van der Waals surface area contributed by atoms with Crippen molar-refractivity contribution in [2.45, 2.75) is 33.2 Å². The predicted octanol–water partition coefficient (Wildman–Crippen LogP) is 1.33. The summed E-state index contributed by atoms with van der Waals surface area (Å²) in [5, 5.41) is 0. The third-order valence-corrected chi connectivity index (χ3v) is 2.48. The molecule has 1 heterocycles. The summed E-state index contributed by atoms with van der Waals surface area (Å²) in [6.07, 6.45) is 1.40. The molecule has 0 saturated carbocycles. The van der Waals surface area contributed by atoms with Gasteiger partial charge in [0.1, 0.15) is 0 Å². The molecule has 84 valence electrons. The molecule has 0 spiro atoms. The van der Waals surface area contributed by atoms with Crippen molar-refractivity contribution in [2.75, 3.05) is 11.6 Å². The van der Waals surface area contributed by atoms with E-state index in [1.165, 1.54) is 4.57 Å². The third-order valence-electron chi connectivity index (χ3n) is 2.29. The van der Waals surface area contributed by atoms with E-state index in [1.54, 1.807) is 6.92 Å². The van der Waals surface area contributed by atoms with E-state index in [0.717, 1.165) is 6.42 Å². The molecule has 0 aliphatic heterocycles. The lowest BCUT2D eigenvalue weighted by Gasteiger charge is -2.11. The van der Waals surface area contributed by atoms with Gasteiger partial charge in [0, 0.05) is 23.7 Å². The maximum absolute atomic E-state index is 12.0. The molecule has 1 aromatic rings. The van der Waals surface area contributed by atoms with Crippen LogP contribution < -0.4 is 11.3 Å². The number of anilines is 1. The highest BCUT2D eigenvalue weighted by Gasteiger charge is 2.10. The van der Waals surface area contributed by atoms with Crippen molar-refractivity contribution >= 4 is 17.5 Å². The fourth-order valence-corrected chi connectivity index (χ4v) is 1.73. The summed E-state index contributed by atoms with van der Waals surface area (Å²) in [4.78, 5) is 16.1. The van der Waals surface area contributed by atoms with Crippen molar-refractivity contribution in [3.63, 3.8) is 0 Å². The maximum Gasteiger partial charge on any atom is 0.258 e. The van der Waals surface area contributed by atoms with Gasteiger partial charge in [-0.05, 0) is 19.8 Å². The zero-order valence-corrected chi connectivity index (χ0v) is 9.84. The number of rotatable bonds is 4. The Balaban J connectivity index is 3.29. The maximum atomic E-state index is 12.0. The number of hydrogen-bond donors (Lipinski definition) is 1. The molecule has 0 bridgehead atoms. The van der Waals surface area contributed by atoms with Crippen molar-refractivity contribution in [1.82, 2.24) is 9.55 Å². The van der Waals surface area contributed by atoms with E-state index in [1.807, 2.05) is 6.92 Å². The molecule has 0 aliphatic carbocycles. The zero-order valence-electron chi connectivity index (χ0n) is 9.09. The largest absolute Gasteiger partial charge is 0.369 e. The van der Waals surface area contributed by atoms with Gasteiger partial charge < -0.3 is 5.73 Å². The van der Waals surface area contributed by atoms with Gasteiger partial charge in [-0.1, -0.05) is 6.92 Å². The van der Waals surface area contributed by atoms with E-state index in [-0.39, 0.29) is 11.5 Å². The number of hydrogen-bond acceptors (Lipinski definition) is 3. The molecule has 15 heavy (non-hydrogen) atoms. The summed E-state index contributed by atoms with van der Waals surface area (Å²) >= 11 is 5.64. The van der Waals surface area contributed by atoms with Crippen LogP contribution in [0.3, 0.4) is 0 Å². The van der Waals surface area contributed by atoms with Crippen LogP contribution in [0.2, 0.25) is 0 Å². The Hall–Kier alpha value is -1.03. The van der Waals surface area contributed by atoms with Crippen molar-refractivity contribution in [1.29, 1.82) is 0 Å². The molecule has 5 heteroatoms. The number of aromatic nitrogens is 2. The number of nitrogens with two attached hydrogens (primary N) is 1. The van der Waals surface area contributed by atoms with Crippen LogP contribution in [-0.2, 0) is 13.0 Å². The number of aryl methyl sites for hydroxylation is 1. The van der Waals surface area contributed by atoms with E-state index in [9.17, 15) is 4.79 Å². The number of halogens is 1. The Morgan fingerprint density at radius 2 is 2.20 bits per heavy atom. The predicted molar refractivity (Wildman–Crippen MR) is 62.4 cm³/mol. The van der Waals surface area contributed by atoms with E-state index in [2.05, 4.69) is 4.98 Å². The molecule has 0 atom stereocenters. The van der Waals surface area contributed by atoms with Crippen molar-refractivity contribution in [2.24, 2.45) is 0 Å². The normalized spacial score (nSPS) is 10.6. The van der Waals surface area contributed by atoms with E-state index in [0.29, 0.717) is 30.1 Å². The molecule has 0 aliphatic rings. The van der Waals surface area contributed by atoms with Gasteiger partial charge in [-0.25, -0.2) is 4.98 Å². The lowest BCUT2D eigenvalue weighted by molar-refractivity contribution is 0.641. The first-order valence-corrected chi connectivity index (χ1v) is 5.57. The topological polar surface area (TPSA) is 60.9 Å². The molecular formula is C10H16ClN3O. The van der Waals surface area contributed by atoms with Gasteiger partial charge in [-0.3, -0.25) is 9.36 Å². The third kappa shape index (κ3) is 2.50. The van der Waals surface area contributed by atoms with E-state index >= 15 is 0 Å². The fourth-order valence-electron chi connectivity index (χ4n) is 1.54. The number of alkyl halides is 1. The van der Waals surface area contributed by atoms with Crippen LogP contribution in [-0.4, -0.2) is 15.4 Å². The summed E-state index contributed by atoms with van der Waals surface area (Å²) < 4.78 is 1.51. The Bertz CT molecular complexity index is 367. The first kappa shape index (κ1) is 12.0. The second kappa shape index (κ2) is 5.16. The minimum absolute atomic E-state index is 0.0532. The Morgan fingerprint density at radius 3 is 2.73 bits per heavy atom. The highest BCUT2D eigenvalue weighted by atomic mass is 35.5. The van der Waals surface area contributed by atoms with Gasteiger partial charge in [0.25, 0.3) is 5.56 Å². The molecule has 0 fully saturated rings. The van der Waals surface area contributed by atoms with Crippen LogP contribution in [0.25, 0.3) is 0 Å². The van der Waals surface area contributed by atoms with Gasteiger partial charge in [0.15, 0.2) is 0 Å². The molecule has 0 unspecified atom stereocenters. The van der Waals surface area contributed by atoms with Crippen LogP contribution >= 0.6 is 11.6 Å². The van der Waals surface area contributed by atoms with E-state index in [4.69, 9.17) is 17.3 Å². The summed E-state index contributed by atoms with van der Waals surface area (Å²) in [6, 6.07) is 0. The van der Waals surface area contributed by atoms with Gasteiger partial charge in [0.05, 0.1) is 0 Å². The van der Waals surface area contributed by atoms with Gasteiger partial charge >= 0.3 is 0 Å². The minimum atomic E-state index is -0.0532. The molecule has 1 rings (SSSR count). The summed E-state index contributed by atoms with van der Waals surface area (Å²) in [5.41, 5.74) is 7.00. The summed E-state index contributed by atoms with van der Waals surface area (Å²) in [6.45, 7) is 4.39. The van der Waals surface area contributed by atoms with Crippen LogP contribution in [0.1, 0.15) is 24.6 Å². The number of nitrogens with zero attached hydrogens (tertiary/aromatic N) is 2. The Labute approximate surface area is 94.1 Å². The van der Waals surface area contributed by atoms with E-state index < -0.39 is 0 Å². The molecule has 1 aromatic heterocycles. The fraction of sp³-hybridized carbons (Fsp3) is 0.600. The Kier molecular flexibility index (Phi) is 4.15. The number of nitrogen functional groups attached to an aromatic ring is 1. The van der Waals surface area contributed by atoms with Crippen molar-refractivity contribution in [3.05, 3.63) is 21.6 Å². The molecular weight excluding hydrogens is 214 g/mol. The molecule has 0 saturated heterocycles. The molecule has 4 nitrogen and oxygen atoms in total. The molecule has 0 amide bonds. The molecule has 2 N–H and O–H groups in total. The van der Waals surface area contributed by atoms with Crippen LogP contribution in [0.15, 0.2) is 4.79 Å². The summed E-state index contributed by atoms with van der Waals surface area (Å²) in [5.74, 6) is 0.714.